The predicted molar refractivity (Wildman–Crippen MR) is 46.7 cm³/mol. The van der Waals surface area contributed by atoms with Crippen molar-refractivity contribution in [2.75, 3.05) is 12.0 Å². The molecule has 0 aromatic heterocycles. The van der Waals surface area contributed by atoms with Gasteiger partial charge in [0.05, 0.1) is 0 Å². The summed E-state index contributed by atoms with van der Waals surface area (Å²) in [5, 5.41) is 0. The van der Waals surface area contributed by atoms with E-state index in [4.69, 9.17) is 0 Å². The molecule has 0 spiro atoms. The molecule has 0 N–H and O–H groups in total. The molecule has 9 heavy (non-hydrogen) atoms. The molecule has 1 heteroatoms. The van der Waals surface area contributed by atoms with Gasteiger partial charge >= 0.3 is 0 Å². The van der Waals surface area contributed by atoms with Gasteiger partial charge in [0.25, 0.3) is 0 Å². The van der Waals surface area contributed by atoms with Crippen LogP contribution in [0.15, 0.2) is 12.2 Å². The van der Waals surface area contributed by atoms with Crippen LogP contribution in [-0.2, 0) is 0 Å². The summed E-state index contributed by atoms with van der Waals surface area (Å²) in [7, 11) is 0. The van der Waals surface area contributed by atoms with Crippen molar-refractivity contribution < 1.29 is 0 Å². The lowest BCUT2D eigenvalue weighted by molar-refractivity contribution is 1.02. The Hall–Kier alpha value is 0.0900. The van der Waals surface area contributed by atoms with E-state index in [1.165, 1.54) is 6.42 Å². The normalized spacial score (nSPS) is 10.9. The topological polar surface area (TPSA) is 0 Å². The van der Waals surface area contributed by atoms with Gasteiger partial charge in [-0.3, -0.25) is 0 Å². The zero-order chi connectivity index (χ0) is 6.95. The first-order valence-electron chi connectivity index (χ1n) is 3.37. The highest BCUT2D eigenvalue weighted by Crippen LogP contribution is 1.96. The largest absolute Gasteiger partial charge is 0.161 e. The van der Waals surface area contributed by atoms with E-state index in [2.05, 4.69) is 31.8 Å². The van der Waals surface area contributed by atoms with Crippen LogP contribution in [0.4, 0.5) is 0 Å². The zero-order valence-corrected chi connectivity index (χ0v) is 7.08. The summed E-state index contributed by atoms with van der Waals surface area (Å²) in [6.07, 6.45) is 11.2. The fourth-order valence-electron chi connectivity index (χ4n) is 0.523. The van der Waals surface area contributed by atoms with Crippen LogP contribution in [0.5, 0.6) is 0 Å². The molecular weight excluding hydrogens is 128 g/mol. The minimum atomic E-state index is 1.14. The van der Waals surface area contributed by atoms with E-state index in [1.54, 1.807) is 0 Å². The van der Waals surface area contributed by atoms with Gasteiger partial charge in [0, 0.05) is 5.75 Å². The van der Waals surface area contributed by atoms with Crippen LogP contribution in [0.1, 0.15) is 19.8 Å². The molecule has 53 valence electrons. The van der Waals surface area contributed by atoms with Gasteiger partial charge in [-0.1, -0.05) is 25.5 Å². The third kappa shape index (κ3) is 8.09. The van der Waals surface area contributed by atoms with Crippen LogP contribution in [0.3, 0.4) is 0 Å². The fraction of sp³-hybridized carbons (Fsp3) is 0.625. The van der Waals surface area contributed by atoms with Gasteiger partial charge in [-0.15, -0.1) is 0 Å². The van der Waals surface area contributed by atoms with E-state index in [0.717, 1.165) is 12.2 Å². The van der Waals surface area contributed by atoms with Gasteiger partial charge in [-0.2, -0.15) is 11.8 Å². The lowest BCUT2D eigenvalue weighted by Crippen LogP contribution is -1.70. The van der Waals surface area contributed by atoms with E-state index in [0.29, 0.717) is 0 Å². The quantitative estimate of drug-likeness (QED) is 0.421. The monoisotopic (exact) mass is 143 g/mol. The molecule has 0 saturated carbocycles. The Morgan fingerprint density at radius 2 is 2.11 bits per heavy atom. The summed E-state index contributed by atoms with van der Waals surface area (Å²) in [5.41, 5.74) is 0. The molecule has 1 radical (unpaired) electrons. The number of unbranched alkanes of at least 4 members (excludes halogenated alkanes) is 2. The molecule has 0 aliphatic carbocycles. The van der Waals surface area contributed by atoms with E-state index >= 15 is 0 Å². The number of hydrogen-bond acceptors (Lipinski definition) is 1. The van der Waals surface area contributed by atoms with Gasteiger partial charge in [0.15, 0.2) is 0 Å². The van der Waals surface area contributed by atoms with E-state index < -0.39 is 0 Å². The summed E-state index contributed by atoms with van der Waals surface area (Å²) in [6, 6.07) is 0. The van der Waals surface area contributed by atoms with E-state index in [-0.39, 0.29) is 0 Å². The number of hydrogen-bond donors (Lipinski definition) is 0. The van der Waals surface area contributed by atoms with Crippen molar-refractivity contribution in [1.82, 2.24) is 0 Å². The molecular formula is C8H15S. The summed E-state index contributed by atoms with van der Waals surface area (Å²) < 4.78 is 0. The maximum atomic E-state index is 2.27. The van der Waals surface area contributed by atoms with Gasteiger partial charge < -0.3 is 0 Å². The molecule has 0 aliphatic rings. The first-order chi connectivity index (χ1) is 4.41. The van der Waals surface area contributed by atoms with Crippen molar-refractivity contribution in [3.05, 3.63) is 18.6 Å². The number of allylic oxidation sites excluding steroid dienone is 1. The molecule has 0 aromatic carbocycles. The third-order valence-electron chi connectivity index (χ3n) is 1.02. The molecule has 0 amide bonds. The van der Waals surface area contributed by atoms with Gasteiger partial charge in [0.1, 0.15) is 0 Å². The second-order valence-corrected chi connectivity index (χ2v) is 2.77. The third-order valence-corrected chi connectivity index (χ3v) is 1.55. The van der Waals surface area contributed by atoms with Crippen molar-refractivity contribution in [2.45, 2.75) is 19.8 Å². The Kier molecular flexibility index (Phi) is 8.17. The highest BCUT2D eigenvalue weighted by atomic mass is 32.2. The summed E-state index contributed by atoms with van der Waals surface area (Å²) in [6.45, 7) is 2.17. The lowest BCUT2D eigenvalue weighted by Gasteiger charge is -1.86. The van der Waals surface area contributed by atoms with Crippen LogP contribution in [-0.4, -0.2) is 12.0 Å². The predicted octanol–water partition coefficient (Wildman–Crippen LogP) is 2.91. The molecule has 0 heterocycles. The first-order valence-corrected chi connectivity index (χ1v) is 4.76. The second kappa shape index (κ2) is 8.09. The average molecular weight is 143 g/mol. The molecule has 0 atom stereocenters. The average Bonchev–Trinajstić information content (AvgIpc) is 1.89. The van der Waals surface area contributed by atoms with Crippen LogP contribution < -0.4 is 0 Å². The van der Waals surface area contributed by atoms with Crippen LogP contribution in [0.25, 0.3) is 0 Å². The molecule has 0 aromatic rings. The smallest absolute Gasteiger partial charge is 0.0110 e. The maximum Gasteiger partial charge on any atom is 0.0110 e. The van der Waals surface area contributed by atoms with Crippen molar-refractivity contribution >= 4 is 11.8 Å². The van der Waals surface area contributed by atoms with Crippen molar-refractivity contribution in [3.8, 4) is 0 Å². The maximum absolute atomic E-state index is 2.27. The van der Waals surface area contributed by atoms with Crippen molar-refractivity contribution in [3.63, 3.8) is 0 Å². The van der Waals surface area contributed by atoms with Crippen LogP contribution in [0, 0.1) is 6.42 Å². The first kappa shape index (κ1) is 9.09. The van der Waals surface area contributed by atoms with Gasteiger partial charge in [-0.05, 0) is 19.1 Å². The van der Waals surface area contributed by atoms with E-state index in [9.17, 15) is 0 Å². The van der Waals surface area contributed by atoms with Crippen LogP contribution >= 0.6 is 11.8 Å². The van der Waals surface area contributed by atoms with E-state index in [1.807, 2.05) is 11.8 Å². The Bertz CT molecular complexity index is 67.0. The molecule has 0 bridgehead atoms. The SMILES string of the molecule is CC[CH]C/C=C/CSC. The Morgan fingerprint density at radius 1 is 1.33 bits per heavy atom. The molecule has 0 rings (SSSR count). The molecule has 0 unspecified atom stereocenters. The van der Waals surface area contributed by atoms with Crippen molar-refractivity contribution in [2.24, 2.45) is 0 Å². The van der Waals surface area contributed by atoms with Gasteiger partial charge in [-0.25, -0.2) is 0 Å². The minimum absolute atomic E-state index is 1.14. The lowest BCUT2D eigenvalue weighted by atomic mass is 10.2. The summed E-state index contributed by atoms with van der Waals surface area (Å²) >= 11 is 1.86. The Morgan fingerprint density at radius 3 is 2.67 bits per heavy atom. The minimum Gasteiger partial charge on any atom is -0.161 e. The molecule has 0 fully saturated rings. The Balaban J connectivity index is 2.86. The second-order valence-electron chi connectivity index (χ2n) is 1.86. The fourth-order valence-corrected chi connectivity index (χ4v) is 0.852. The standard InChI is InChI=1S/C8H15S/c1-3-4-5-6-7-8-9-2/h4,6-7H,3,5,8H2,1-2H3/b7-6+. The highest BCUT2D eigenvalue weighted by molar-refractivity contribution is 7.98. The summed E-state index contributed by atoms with van der Waals surface area (Å²) in [5.74, 6) is 1.15. The molecule has 0 aliphatic heterocycles. The van der Waals surface area contributed by atoms with Crippen LogP contribution in [0.2, 0.25) is 0 Å². The summed E-state index contributed by atoms with van der Waals surface area (Å²) in [4.78, 5) is 0. The molecule has 0 saturated heterocycles. The number of thioether (sulfide) groups is 1. The highest BCUT2D eigenvalue weighted by Gasteiger charge is 1.76. The molecule has 0 nitrogen and oxygen atoms in total. The van der Waals surface area contributed by atoms with Gasteiger partial charge in [0.2, 0.25) is 0 Å². The zero-order valence-electron chi connectivity index (χ0n) is 6.26. The van der Waals surface area contributed by atoms with Crippen molar-refractivity contribution in [1.29, 1.82) is 0 Å². The number of rotatable bonds is 5. The Labute approximate surface area is 62.7 Å².